The van der Waals surface area contributed by atoms with Gasteiger partial charge in [-0.3, -0.25) is 19.6 Å². The molecule has 10 nitrogen and oxygen atoms in total. The summed E-state index contributed by atoms with van der Waals surface area (Å²) < 4.78 is 3.54. The fourth-order valence-corrected chi connectivity index (χ4v) is 4.65. The summed E-state index contributed by atoms with van der Waals surface area (Å²) in [5, 5.41) is 15.0. The van der Waals surface area contributed by atoms with Crippen LogP contribution < -0.4 is 10.6 Å². The van der Waals surface area contributed by atoms with Crippen molar-refractivity contribution in [2.75, 3.05) is 10.6 Å². The fourth-order valence-electron chi connectivity index (χ4n) is 4.65. The summed E-state index contributed by atoms with van der Waals surface area (Å²) in [6, 6.07) is 30.2. The molecule has 44 heavy (non-hydrogen) atoms. The molecule has 0 radical (unpaired) electrons. The third-order valence-corrected chi connectivity index (χ3v) is 6.92. The number of carbonyl (C=O) groups excluding carboxylic acids is 2. The van der Waals surface area contributed by atoms with Gasteiger partial charge < -0.3 is 10.6 Å². The van der Waals surface area contributed by atoms with Crippen LogP contribution >= 0.6 is 0 Å². The van der Waals surface area contributed by atoms with Gasteiger partial charge in [0.1, 0.15) is 11.4 Å². The van der Waals surface area contributed by atoms with E-state index in [0.717, 1.165) is 34.2 Å². The number of hydrogen-bond donors (Lipinski definition) is 2. The number of carbonyl (C=O) groups is 2. The Morgan fingerprint density at radius 2 is 0.955 bits per heavy atom. The van der Waals surface area contributed by atoms with Gasteiger partial charge in [-0.05, 0) is 97.8 Å². The van der Waals surface area contributed by atoms with Crippen molar-refractivity contribution in [2.45, 2.75) is 25.7 Å². The van der Waals surface area contributed by atoms with E-state index in [1.54, 1.807) is 21.8 Å². The third kappa shape index (κ3) is 7.11. The van der Waals surface area contributed by atoms with Crippen molar-refractivity contribution in [1.82, 2.24) is 29.5 Å². The average molecular weight is 583 g/mol. The Labute approximate surface area is 254 Å². The molecule has 4 heterocycles. The molecule has 0 saturated heterocycles. The van der Waals surface area contributed by atoms with Gasteiger partial charge in [0.25, 0.3) is 0 Å². The van der Waals surface area contributed by atoms with Crippen LogP contribution in [0, 0.1) is 0 Å². The predicted octanol–water partition coefficient (Wildman–Crippen LogP) is 6.32. The van der Waals surface area contributed by atoms with Crippen molar-refractivity contribution < 1.29 is 9.59 Å². The van der Waals surface area contributed by atoms with Gasteiger partial charge in [-0.15, -0.1) is 0 Å². The van der Waals surface area contributed by atoms with Crippen molar-refractivity contribution >= 4 is 23.2 Å². The lowest BCUT2D eigenvalue weighted by Gasteiger charge is -2.08. The Kier molecular flexibility index (Phi) is 8.59. The molecule has 0 atom stereocenters. The van der Waals surface area contributed by atoms with Crippen LogP contribution in [-0.4, -0.2) is 41.3 Å². The van der Waals surface area contributed by atoms with Crippen LogP contribution in [0.25, 0.3) is 34.2 Å². The molecule has 6 rings (SSSR count). The molecular weight excluding hydrogens is 552 g/mol. The second kappa shape index (κ2) is 13.4. The quantitative estimate of drug-likeness (QED) is 0.173. The van der Waals surface area contributed by atoms with Crippen LogP contribution in [0.4, 0.5) is 11.4 Å². The maximum atomic E-state index is 12.4. The first-order valence-corrected chi connectivity index (χ1v) is 14.4. The first-order chi connectivity index (χ1) is 21.6. The van der Waals surface area contributed by atoms with Crippen LogP contribution in [0.2, 0.25) is 0 Å². The van der Waals surface area contributed by atoms with Gasteiger partial charge in [-0.2, -0.15) is 10.2 Å². The minimum atomic E-state index is -0.0879. The monoisotopic (exact) mass is 582 g/mol. The molecule has 0 aliphatic rings. The van der Waals surface area contributed by atoms with Crippen molar-refractivity contribution in [3.63, 3.8) is 0 Å². The number of pyridine rings is 2. The Morgan fingerprint density at radius 3 is 1.34 bits per heavy atom. The molecule has 2 aromatic carbocycles. The zero-order valence-electron chi connectivity index (χ0n) is 23.9. The summed E-state index contributed by atoms with van der Waals surface area (Å²) in [6.07, 6.45) is 9.12. The van der Waals surface area contributed by atoms with Gasteiger partial charge in [-0.25, -0.2) is 9.36 Å². The van der Waals surface area contributed by atoms with E-state index in [1.807, 2.05) is 109 Å². The van der Waals surface area contributed by atoms with Crippen molar-refractivity contribution in [3.8, 4) is 34.2 Å². The summed E-state index contributed by atoms with van der Waals surface area (Å²) in [7, 11) is 0. The third-order valence-electron chi connectivity index (χ3n) is 6.92. The van der Waals surface area contributed by atoms with E-state index in [4.69, 9.17) is 0 Å². The summed E-state index contributed by atoms with van der Waals surface area (Å²) in [6.45, 7) is 0. The topological polar surface area (TPSA) is 120 Å². The second-order valence-electron chi connectivity index (χ2n) is 10.1. The van der Waals surface area contributed by atoms with Gasteiger partial charge in [0, 0.05) is 49.0 Å². The first kappa shape index (κ1) is 28.2. The number of aromatic nitrogens is 6. The highest BCUT2D eigenvalue weighted by Crippen LogP contribution is 2.19. The van der Waals surface area contributed by atoms with Crippen LogP contribution in [0.15, 0.2) is 122 Å². The number of unbranched alkanes of at least 4 members (excludes halogenated alkanes) is 1. The smallest absolute Gasteiger partial charge is 0.224 e. The highest BCUT2D eigenvalue weighted by atomic mass is 16.2. The predicted molar refractivity (Wildman–Crippen MR) is 169 cm³/mol. The molecular formula is C34H30N8O2. The van der Waals surface area contributed by atoms with Gasteiger partial charge >= 0.3 is 0 Å². The number of hydrogen-bond acceptors (Lipinski definition) is 6. The van der Waals surface area contributed by atoms with E-state index in [1.165, 1.54) is 0 Å². The van der Waals surface area contributed by atoms with Gasteiger partial charge in [0.15, 0.2) is 0 Å². The highest BCUT2D eigenvalue weighted by molar-refractivity contribution is 5.91. The largest absolute Gasteiger partial charge is 0.326 e. The summed E-state index contributed by atoms with van der Waals surface area (Å²) in [4.78, 5) is 33.6. The molecule has 0 fully saturated rings. The number of nitrogens with zero attached hydrogens (tertiary/aromatic N) is 6. The van der Waals surface area contributed by atoms with Gasteiger partial charge in [0.2, 0.25) is 11.8 Å². The van der Waals surface area contributed by atoms with Crippen LogP contribution in [0.1, 0.15) is 25.7 Å². The Balaban J connectivity index is 0.913. The van der Waals surface area contributed by atoms with E-state index >= 15 is 0 Å². The molecule has 0 spiro atoms. The molecule has 2 amide bonds. The Bertz CT molecular complexity index is 1690. The van der Waals surface area contributed by atoms with Crippen molar-refractivity contribution in [1.29, 1.82) is 0 Å². The van der Waals surface area contributed by atoms with E-state index in [-0.39, 0.29) is 11.8 Å². The molecule has 0 saturated carbocycles. The number of rotatable bonds is 11. The lowest BCUT2D eigenvalue weighted by Crippen LogP contribution is -2.13. The zero-order chi connectivity index (χ0) is 30.1. The lowest BCUT2D eigenvalue weighted by molar-refractivity contribution is -0.118. The lowest BCUT2D eigenvalue weighted by atomic mass is 10.1. The maximum Gasteiger partial charge on any atom is 0.224 e. The number of anilines is 2. The Morgan fingerprint density at radius 1 is 0.523 bits per heavy atom. The van der Waals surface area contributed by atoms with E-state index < -0.39 is 0 Å². The molecule has 6 aromatic rings. The first-order valence-electron chi connectivity index (χ1n) is 14.4. The maximum absolute atomic E-state index is 12.4. The van der Waals surface area contributed by atoms with Crippen molar-refractivity contribution in [2.24, 2.45) is 0 Å². The number of benzene rings is 2. The van der Waals surface area contributed by atoms with Crippen molar-refractivity contribution in [3.05, 3.63) is 122 Å². The molecule has 0 aliphatic heterocycles. The zero-order valence-corrected chi connectivity index (χ0v) is 23.9. The van der Waals surface area contributed by atoms with Gasteiger partial charge in [-0.1, -0.05) is 12.1 Å². The molecule has 2 N–H and O–H groups in total. The standard InChI is InChI=1S/C34H30N8O2/c43-33(37-25-11-15-27(16-12-25)41-23-19-31(39-41)29-7-3-5-21-35-29)9-1-2-10-34(44)38-26-13-17-28(18-14-26)42-24-20-32(40-42)30-8-4-6-22-36-30/h3-8,11-24H,1-2,9-10H2,(H,37,43)(H,38,44). The molecule has 4 aromatic heterocycles. The summed E-state index contributed by atoms with van der Waals surface area (Å²) >= 11 is 0. The fraction of sp³-hybridized carbons (Fsp3) is 0.118. The van der Waals surface area contributed by atoms with E-state index in [9.17, 15) is 9.59 Å². The molecule has 218 valence electrons. The highest BCUT2D eigenvalue weighted by Gasteiger charge is 2.09. The molecule has 0 aliphatic carbocycles. The number of amides is 2. The summed E-state index contributed by atoms with van der Waals surface area (Å²) in [5.74, 6) is -0.176. The van der Waals surface area contributed by atoms with E-state index in [2.05, 4.69) is 30.8 Å². The van der Waals surface area contributed by atoms with Crippen LogP contribution in [0.3, 0.4) is 0 Å². The van der Waals surface area contributed by atoms with Crippen LogP contribution in [-0.2, 0) is 9.59 Å². The average Bonchev–Trinajstić information content (AvgIpc) is 3.76. The molecule has 10 heteroatoms. The number of nitrogens with one attached hydrogen (secondary N) is 2. The van der Waals surface area contributed by atoms with E-state index in [0.29, 0.717) is 37.1 Å². The SMILES string of the molecule is O=C(CCCCC(=O)Nc1ccc(-n2ccc(-c3ccccn3)n2)cc1)Nc1ccc(-n2ccc(-c3ccccn3)n2)cc1. The minimum absolute atomic E-state index is 0.0879. The Hall–Kier alpha value is -5.90. The second-order valence-corrected chi connectivity index (χ2v) is 10.1. The molecule has 0 unspecified atom stereocenters. The van der Waals surface area contributed by atoms with Crippen LogP contribution in [0.5, 0.6) is 0 Å². The normalized spacial score (nSPS) is 10.8. The summed E-state index contributed by atoms with van der Waals surface area (Å²) in [5.41, 5.74) is 6.36. The molecule has 0 bridgehead atoms. The minimum Gasteiger partial charge on any atom is -0.326 e. The van der Waals surface area contributed by atoms with Gasteiger partial charge in [0.05, 0.1) is 22.8 Å².